The van der Waals surface area contributed by atoms with Gasteiger partial charge < -0.3 is 10.2 Å². The van der Waals surface area contributed by atoms with E-state index >= 15 is 0 Å². The molecule has 1 saturated heterocycles. The molecule has 24 heavy (non-hydrogen) atoms. The lowest BCUT2D eigenvalue weighted by molar-refractivity contribution is -0.138. The predicted octanol–water partition coefficient (Wildman–Crippen LogP) is 3.06. The van der Waals surface area contributed by atoms with Crippen LogP contribution in [0.1, 0.15) is 56.9 Å². The van der Waals surface area contributed by atoms with Crippen LogP contribution in [0.3, 0.4) is 0 Å². The number of benzene rings is 1. The van der Waals surface area contributed by atoms with E-state index in [9.17, 15) is 9.59 Å². The molecule has 1 N–H and O–H groups in total. The highest BCUT2D eigenvalue weighted by atomic mass is 16.2. The molecule has 0 radical (unpaired) electrons. The first kappa shape index (κ1) is 17.0. The second-order valence-corrected chi connectivity index (χ2v) is 7.07. The molecule has 1 unspecified atom stereocenters. The Balaban J connectivity index is 1.52. The first-order valence-corrected chi connectivity index (χ1v) is 9.38. The summed E-state index contributed by atoms with van der Waals surface area (Å²) in [5.41, 5.74) is 1.17. The van der Waals surface area contributed by atoms with E-state index in [1.54, 1.807) is 4.90 Å². The Hall–Kier alpha value is -1.84. The molecule has 4 nitrogen and oxygen atoms in total. The molecule has 1 aliphatic carbocycles. The van der Waals surface area contributed by atoms with Crippen molar-refractivity contribution in [1.29, 1.82) is 0 Å². The van der Waals surface area contributed by atoms with Gasteiger partial charge in [-0.05, 0) is 37.7 Å². The Bertz CT molecular complexity index is 552. The lowest BCUT2D eigenvalue weighted by atomic mass is 9.95. The standard InChI is InChI=1S/C20H28N2O2/c23-19(14-13-16-8-3-1-4-9-16)22-15-7-12-18(22)20(24)21-17-10-5-2-6-11-17/h1,3-4,8-9,17-18H,2,5-7,10-15H2,(H,21,24). The molecule has 2 fully saturated rings. The van der Waals surface area contributed by atoms with Gasteiger partial charge in [0.15, 0.2) is 0 Å². The SMILES string of the molecule is O=C(NC1CCCCC1)C1CCCN1C(=O)CCc1ccccc1. The van der Waals surface area contributed by atoms with Crippen molar-refractivity contribution >= 4 is 11.8 Å². The first-order chi connectivity index (χ1) is 11.7. The fourth-order valence-electron chi connectivity index (χ4n) is 3.92. The van der Waals surface area contributed by atoms with Crippen LogP contribution in [0.4, 0.5) is 0 Å². The fraction of sp³-hybridized carbons (Fsp3) is 0.600. The number of amides is 2. The highest BCUT2D eigenvalue weighted by Crippen LogP contribution is 2.22. The number of nitrogens with zero attached hydrogens (tertiary/aromatic N) is 1. The topological polar surface area (TPSA) is 49.4 Å². The Morgan fingerprint density at radius 3 is 2.50 bits per heavy atom. The van der Waals surface area contributed by atoms with Gasteiger partial charge in [-0.25, -0.2) is 0 Å². The minimum atomic E-state index is -0.254. The summed E-state index contributed by atoms with van der Waals surface area (Å²) >= 11 is 0. The summed E-state index contributed by atoms with van der Waals surface area (Å²) in [6.07, 6.45) is 8.81. The highest BCUT2D eigenvalue weighted by Gasteiger charge is 2.34. The summed E-state index contributed by atoms with van der Waals surface area (Å²) in [4.78, 5) is 27.0. The Morgan fingerprint density at radius 2 is 1.75 bits per heavy atom. The zero-order valence-corrected chi connectivity index (χ0v) is 14.4. The van der Waals surface area contributed by atoms with E-state index in [2.05, 4.69) is 5.32 Å². The number of rotatable bonds is 5. The lowest BCUT2D eigenvalue weighted by Crippen LogP contribution is -2.49. The summed E-state index contributed by atoms with van der Waals surface area (Å²) in [7, 11) is 0. The van der Waals surface area contributed by atoms with E-state index in [-0.39, 0.29) is 17.9 Å². The summed E-state index contributed by atoms with van der Waals surface area (Å²) in [5, 5.41) is 3.19. The minimum absolute atomic E-state index is 0.0625. The van der Waals surface area contributed by atoms with Crippen LogP contribution in [0.25, 0.3) is 0 Å². The van der Waals surface area contributed by atoms with Crippen LogP contribution in [0, 0.1) is 0 Å². The van der Waals surface area contributed by atoms with Gasteiger partial charge in [-0.1, -0.05) is 49.6 Å². The average Bonchev–Trinajstić information content (AvgIpc) is 3.11. The third-order valence-electron chi connectivity index (χ3n) is 5.30. The summed E-state index contributed by atoms with van der Waals surface area (Å²) < 4.78 is 0. The van der Waals surface area contributed by atoms with Gasteiger partial charge in [-0.3, -0.25) is 9.59 Å². The molecule has 3 rings (SSSR count). The zero-order valence-electron chi connectivity index (χ0n) is 14.4. The van der Waals surface area contributed by atoms with Gasteiger partial charge in [0.2, 0.25) is 11.8 Å². The van der Waals surface area contributed by atoms with Crippen molar-refractivity contribution in [3.63, 3.8) is 0 Å². The molecule has 4 heteroatoms. The molecule has 130 valence electrons. The van der Waals surface area contributed by atoms with Crippen molar-refractivity contribution in [2.45, 2.75) is 69.9 Å². The van der Waals surface area contributed by atoms with Crippen LogP contribution in [-0.4, -0.2) is 35.3 Å². The number of likely N-dealkylation sites (tertiary alicyclic amines) is 1. The average molecular weight is 328 g/mol. The number of hydrogen-bond donors (Lipinski definition) is 1. The van der Waals surface area contributed by atoms with Crippen molar-refractivity contribution in [2.24, 2.45) is 0 Å². The molecular weight excluding hydrogens is 300 g/mol. The summed E-state index contributed by atoms with van der Waals surface area (Å²) in [5.74, 6) is 0.174. The predicted molar refractivity (Wildman–Crippen MR) is 94.5 cm³/mol. The molecule has 1 aromatic rings. The third kappa shape index (κ3) is 4.37. The second-order valence-electron chi connectivity index (χ2n) is 7.07. The number of nitrogens with one attached hydrogen (secondary N) is 1. The van der Waals surface area contributed by atoms with Gasteiger partial charge in [0, 0.05) is 19.0 Å². The highest BCUT2D eigenvalue weighted by molar-refractivity contribution is 5.88. The van der Waals surface area contributed by atoms with Crippen molar-refractivity contribution < 1.29 is 9.59 Å². The van der Waals surface area contributed by atoms with Gasteiger partial charge >= 0.3 is 0 Å². The Labute approximate surface area is 144 Å². The Morgan fingerprint density at radius 1 is 1.00 bits per heavy atom. The molecule has 0 bridgehead atoms. The molecule has 1 saturated carbocycles. The van der Waals surface area contributed by atoms with E-state index in [1.165, 1.54) is 24.8 Å². The lowest BCUT2D eigenvalue weighted by Gasteiger charge is -2.28. The van der Waals surface area contributed by atoms with Crippen LogP contribution in [-0.2, 0) is 16.0 Å². The normalized spacial score (nSPS) is 21.7. The maximum Gasteiger partial charge on any atom is 0.243 e. The summed E-state index contributed by atoms with van der Waals surface area (Å²) in [6, 6.07) is 10.1. The van der Waals surface area contributed by atoms with Crippen molar-refractivity contribution in [3.8, 4) is 0 Å². The first-order valence-electron chi connectivity index (χ1n) is 9.38. The number of carbonyl (C=O) groups excluding carboxylic acids is 2. The van der Waals surface area contributed by atoms with E-state index in [0.717, 1.165) is 38.6 Å². The summed E-state index contributed by atoms with van der Waals surface area (Å²) in [6.45, 7) is 0.719. The van der Waals surface area contributed by atoms with E-state index < -0.39 is 0 Å². The minimum Gasteiger partial charge on any atom is -0.352 e. The number of hydrogen-bond acceptors (Lipinski definition) is 2. The van der Waals surface area contributed by atoms with Gasteiger partial charge in [-0.15, -0.1) is 0 Å². The third-order valence-corrected chi connectivity index (χ3v) is 5.30. The molecule has 2 aliphatic rings. The molecule has 2 amide bonds. The Kier molecular flexibility index (Phi) is 5.89. The molecular formula is C20H28N2O2. The number of aryl methyl sites for hydroxylation is 1. The van der Waals surface area contributed by atoms with Gasteiger partial charge in [0.05, 0.1) is 0 Å². The van der Waals surface area contributed by atoms with Crippen molar-refractivity contribution in [2.75, 3.05) is 6.54 Å². The molecule has 1 aliphatic heterocycles. The monoisotopic (exact) mass is 328 g/mol. The largest absolute Gasteiger partial charge is 0.352 e. The maximum absolute atomic E-state index is 12.6. The van der Waals surface area contributed by atoms with Gasteiger partial charge in [0.1, 0.15) is 6.04 Å². The van der Waals surface area contributed by atoms with E-state index in [0.29, 0.717) is 12.5 Å². The second kappa shape index (κ2) is 8.32. The molecule has 1 atom stereocenters. The smallest absolute Gasteiger partial charge is 0.243 e. The van der Waals surface area contributed by atoms with Crippen molar-refractivity contribution in [1.82, 2.24) is 10.2 Å². The van der Waals surface area contributed by atoms with Crippen LogP contribution in [0.2, 0.25) is 0 Å². The van der Waals surface area contributed by atoms with E-state index in [1.807, 2.05) is 30.3 Å². The van der Waals surface area contributed by atoms with Crippen LogP contribution < -0.4 is 5.32 Å². The number of carbonyl (C=O) groups is 2. The van der Waals surface area contributed by atoms with Gasteiger partial charge in [-0.2, -0.15) is 0 Å². The maximum atomic E-state index is 12.6. The van der Waals surface area contributed by atoms with Gasteiger partial charge in [0.25, 0.3) is 0 Å². The van der Waals surface area contributed by atoms with Crippen molar-refractivity contribution in [3.05, 3.63) is 35.9 Å². The zero-order chi connectivity index (χ0) is 16.8. The molecule has 1 heterocycles. The van der Waals surface area contributed by atoms with Crippen LogP contribution in [0.5, 0.6) is 0 Å². The molecule has 0 aromatic heterocycles. The fourth-order valence-corrected chi connectivity index (χ4v) is 3.92. The van der Waals surface area contributed by atoms with E-state index in [4.69, 9.17) is 0 Å². The van der Waals surface area contributed by atoms with Crippen LogP contribution >= 0.6 is 0 Å². The van der Waals surface area contributed by atoms with Crippen LogP contribution in [0.15, 0.2) is 30.3 Å². The molecule has 1 aromatic carbocycles. The quantitative estimate of drug-likeness (QED) is 0.903. The molecule has 0 spiro atoms.